The van der Waals surface area contributed by atoms with Crippen LogP contribution in [0, 0.1) is 6.92 Å². The maximum atomic E-state index is 4.81. The van der Waals surface area contributed by atoms with E-state index in [-0.39, 0.29) is 0 Å². The number of rotatable bonds is 8. The Kier molecular flexibility index (Phi) is 9.02. The van der Waals surface area contributed by atoms with Crippen LogP contribution in [0.1, 0.15) is 5.56 Å². The molecule has 11 rings (SSSR count). The molecule has 0 unspecified atom stereocenters. The first-order valence-corrected chi connectivity index (χ1v) is 20.7. The van der Waals surface area contributed by atoms with Gasteiger partial charge in [0.2, 0.25) is 0 Å². The quantitative estimate of drug-likeness (QED) is 0.154. The van der Waals surface area contributed by atoms with Gasteiger partial charge in [-0.05, 0) is 87.8 Å². The van der Waals surface area contributed by atoms with Crippen molar-refractivity contribution in [1.29, 1.82) is 0 Å². The topological polar surface area (TPSA) is 35.6 Å². The minimum atomic E-state index is 0.788. The maximum Gasteiger partial charge on any atom is 0.168 e. The second kappa shape index (κ2) is 15.3. The number of aryl methyl sites for hydroxylation is 1. The minimum absolute atomic E-state index is 0.788. The molecule has 0 bridgehead atoms. The van der Waals surface area contributed by atoms with Crippen LogP contribution < -0.4 is 0 Å². The van der Waals surface area contributed by atoms with Gasteiger partial charge in [0.1, 0.15) is 0 Å². The fourth-order valence-electron chi connectivity index (χ4n) is 8.77. The third kappa shape index (κ3) is 6.52. The molecule has 0 N–H and O–H groups in total. The van der Waals surface area contributed by atoms with Gasteiger partial charge in [0, 0.05) is 33.3 Å². The Hall–Kier alpha value is -8.08. The highest BCUT2D eigenvalue weighted by Gasteiger charge is 2.19. The van der Waals surface area contributed by atoms with Gasteiger partial charge in [-0.25, -0.2) is 0 Å². The van der Waals surface area contributed by atoms with Gasteiger partial charge in [-0.2, -0.15) is 0 Å². The van der Waals surface area contributed by atoms with E-state index in [0.29, 0.717) is 0 Å². The summed E-state index contributed by atoms with van der Waals surface area (Å²) in [6.45, 7) is 2.12. The molecule has 0 atom stereocenters. The van der Waals surface area contributed by atoms with Crippen molar-refractivity contribution in [3.63, 3.8) is 0 Å². The number of hydrogen-bond donors (Lipinski definition) is 0. The molecule has 0 aliphatic carbocycles. The Bertz CT molecular complexity index is 3270. The number of hydrogen-bond acceptors (Lipinski definition) is 2. The average molecular weight is 781 g/mol. The van der Waals surface area contributed by atoms with Crippen molar-refractivity contribution >= 4 is 21.8 Å². The molecule has 0 radical (unpaired) electrons. The van der Waals surface area contributed by atoms with E-state index in [4.69, 9.17) is 10.2 Å². The second-order valence-corrected chi connectivity index (χ2v) is 15.5. The summed E-state index contributed by atoms with van der Waals surface area (Å²) in [6.07, 6.45) is 0. The van der Waals surface area contributed by atoms with Crippen LogP contribution >= 0.6 is 0 Å². The molecule has 2 heterocycles. The van der Waals surface area contributed by atoms with E-state index in [1.54, 1.807) is 0 Å². The van der Waals surface area contributed by atoms with E-state index in [0.717, 1.165) is 39.7 Å². The Labute approximate surface area is 355 Å². The number of fused-ring (bicyclic) bond motifs is 3. The van der Waals surface area contributed by atoms with E-state index >= 15 is 0 Å². The van der Waals surface area contributed by atoms with E-state index in [1.807, 2.05) is 18.2 Å². The van der Waals surface area contributed by atoms with E-state index in [2.05, 4.69) is 222 Å². The SMILES string of the molecule is Cc1ccc(-c2ccc(-n3c(-c4ccccc4)nnc3-c3ccc(-c4ccccc4-c4ccccc4-c4ccc(-n5c6ccccc6c6ccccc65)cc4)cc3)cc2)cc1. The van der Waals surface area contributed by atoms with Crippen molar-refractivity contribution < 1.29 is 0 Å². The summed E-state index contributed by atoms with van der Waals surface area (Å²) < 4.78 is 4.53. The van der Waals surface area contributed by atoms with Gasteiger partial charge in [0.15, 0.2) is 11.6 Å². The van der Waals surface area contributed by atoms with Crippen LogP contribution in [-0.2, 0) is 0 Å². The summed E-state index contributed by atoms with van der Waals surface area (Å²) >= 11 is 0. The molecule has 61 heavy (non-hydrogen) atoms. The van der Waals surface area contributed by atoms with Crippen molar-refractivity contribution in [2.75, 3.05) is 0 Å². The van der Waals surface area contributed by atoms with E-state index in [9.17, 15) is 0 Å². The monoisotopic (exact) mass is 780 g/mol. The van der Waals surface area contributed by atoms with Crippen LogP contribution in [0.25, 0.3) is 100 Å². The normalized spacial score (nSPS) is 11.4. The molecule has 0 spiro atoms. The Morgan fingerprint density at radius 1 is 0.279 bits per heavy atom. The smallest absolute Gasteiger partial charge is 0.168 e. The standard InChI is InChI=1S/C57H40N4/c1-39-23-25-40(26-24-39)41-31-35-47(36-32-41)61-56(44-13-3-2-4-14-44)58-59-57(61)45-29-27-42(28-30-45)48-15-5-7-17-50(48)51-18-8-6-16-49(51)43-33-37-46(38-34-43)60-54-21-11-9-19-52(54)53-20-10-12-22-55(53)60/h2-38H,1H3. The van der Waals surface area contributed by atoms with Crippen LogP contribution in [0.2, 0.25) is 0 Å². The molecule has 4 heteroatoms. The molecule has 288 valence electrons. The molecule has 0 aliphatic rings. The highest BCUT2D eigenvalue weighted by Crippen LogP contribution is 2.40. The number of benzene rings is 9. The minimum Gasteiger partial charge on any atom is -0.309 e. The van der Waals surface area contributed by atoms with Gasteiger partial charge >= 0.3 is 0 Å². The molecule has 11 aromatic rings. The lowest BCUT2D eigenvalue weighted by atomic mass is 9.89. The first-order valence-electron chi connectivity index (χ1n) is 20.7. The van der Waals surface area contributed by atoms with Gasteiger partial charge in [0.25, 0.3) is 0 Å². The Balaban J connectivity index is 0.942. The van der Waals surface area contributed by atoms with E-state index < -0.39 is 0 Å². The lowest BCUT2D eigenvalue weighted by Crippen LogP contribution is -2.00. The first-order chi connectivity index (χ1) is 30.2. The summed E-state index contributed by atoms with van der Waals surface area (Å²) in [4.78, 5) is 0. The zero-order chi connectivity index (χ0) is 40.7. The van der Waals surface area contributed by atoms with Crippen molar-refractivity contribution in [3.8, 4) is 78.7 Å². The van der Waals surface area contributed by atoms with Crippen LogP contribution in [0.3, 0.4) is 0 Å². The first kappa shape index (κ1) is 36.0. The Morgan fingerprint density at radius 3 is 1.16 bits per heavy atom. The third-order valence-electron chi connectivity index (χ3n) is 11.8. The number of para-hydroxylation sites is 2. The summed E-state index contributed by atoms with van der Waals surface area (Å²) in [5, 5.41) is 12.1. The third-order valence-corrected chi connectivity index (χ3v) is 11.8. The molecule has 4 nitrogen and oxygen atoms in total. The highest BCUT2D eigenvalue weighted by atomic mass is 15.3. The van der Waals surface area contributed by atoms with Gasteiger partial charge in [-0.1, -0.05) is 194 Å². The predicted octanol–water partition coefficient (Wildman–Crippen LogP) is 14.7. The molecule has 0 saturated heterocycles. The predicted molar refractivity (Wildman–Crippen MR) is 253 cm³/mol. The molecular formula is C57H40N4. The molecular weight excluding hydrogens is 741 g/mol. The summed E-state index contributed by atoms with van der Waals surface area (Å²) in [5.41, 5.74) is 17.2. The zero-order valence-corrected chi connectivity index (χ0v) is 33.7. The van der Waals surface area contributed by atoms with Crippen LogP contribution in [-0.4, -0.2) is 19.3 Å². The fourth-order valence-corrected chi connectivity index (χ4v) is 8.77. The maximum absolute atomic E-state index is 4.81. The number of aromatic nitrogens is 4. The molecule has 0 amide bonds. The second-order valence-electron chi connectivity index (χ2n) is 15.5. The van der Waals surface area contributed by atoms with Crippen LogP contribution in [0.5, 0.6) is 0 Å². The lowest BCUT2D eigenvalue weighted by Gasteiger charge is -2.16. The lowest BCUT2D eigenvalue weighted by molar-refractivity contribution is 1.07. The van der Waals surface area contributed by atoms with Crippen molar-refractivity contribution in [1.82, 2.24) is 19.3 Å². The van der Waals surface area contributed by atoms with Crippen LogP contribution in [0.15, 0.2) is 224 Å². The van der Waals surface area contributed by atoms with Gasteiger partial charge in [-0.15, -0.1) is 10.2 Å². The van der Waals surface area contributed by atoms with Gasteiger partial charge < -0.3 is 4.57 Å². The Morgan fingerprint density at radius 2 is 0.639 bits per heavy atom. The largest absolute Gasteiger partial charge is 0.309 e. The average Bonchev–Trinajstić information content (AvgIpc) is 3.93. The molecule has 0 saturated carbocycles. The summed E-state index contributed by atoms with van der Waals surface area (Å²) in [7, 11) is 0. The van der Waals surface area contributed by atoms with Crippen molar-refractivity contribution in [3.05, 3.63) is 230 Å². The molecule has 9 aromatic carbocycles. The number of nitrogens with zero attached hydrogens (tertiary/aromatic N) is 4. The van der Waals surface area contributed by atoms with Gasteiger partial charge in [0.05, 0.1) is 11.0 Å². The van der Waals surface area contributed by atoms with Crippen molar-refractivity contribution in [2.45, 2.75) is 6.92 Å². The van der Waals surface area contributed by atoms with Gasteiger partial charge in [-0.3, -0.25) is 4.57 Å². The summed E-state index contributed by atoms with van der Waals surface area (Å²) in [6, 6.07) is 80.1. The van der Waals surface area contributed by atoms with E-state index in [1.165, 1.54) is 66.3 Å². The summed E-state index contributed by atoms with van der Waals surface area (Å²) in [5.74, 6) is 1.59. The molecule has 0 aliphatic heterocycles. The molecule has 2 aromatic heterocycles. The zero-order valence-electron chi connectivity index (χ0n) is 33.7. The van der Waals surface area contributed by atoms with Crippen LogP contribution in [0.4, 0.5) is 0 Å². The highest BCUT2D eigenvalue weighted by molar-refractivity contribution is 6.09. The fraction of sp³-hybridized carbons (Fsp3) is 0.0175. The van der Waals surface area contributed by atoms with Crippen molar-refractivity contribution in [2.24, 2.45) is 0 Å². The molecule has 0 fully saturated rings.